The summed E-state index contributed by atoms with van der Waals surface area (Å²) in [5.41, 5.74) is 0. The molecule has 1 saturated heterocycles. The lowest BCUT2D eigenvalue weighted by Gasteiger charge is -2.39. The van der Waals surface area contributed by atoms with E-state index in [-0.39, 0.29) is 18.4 Å². The molecule has 0 aliphatic carbocycles. The van der Waals surface area contributed by atoms with Crippen molar-refractivity contribution >= 4 is 5.97 Å². The summed E-state index contributed by atoms with van der Waals surface area (Å²) in [6.07, 6.45) is 2.30. The number of nitrogens with one attached hydrogen (secondary N) is 1. The molecule has 6 heteroatoms. The van der Waals surface area contributed by atoms with Gasteiger partial charge in [-0.1, -0.05) is 13.3 Å². The maximum Gasteiger partial charge on any atom is 0.303 e. The van der Waals surface area contributed by atoms with Crippen LogP contribution in [0.25, 0.3) is 0 Å². The van der Waals surface area contributed by atoms with Crippen LogP contribution in [0, 0.1) is 5.92 Å². The molecule has 118 valence electrons. The van der Waals surface area contributed by atoms with Crippen molar-refractivity contribution in [2.45, 2.75) is 64.4 Å². The van der Waals surface area contributed by atoms with E-state index < -0.39 is 18.4 Å². The van der Waals surface area contributed by atoms with Crippen LogP contribution in [0.1, 0.15) is 46.0 Å². The zero-order valence-electron chi connectivity index (χ0n) is 12.5. The van der Waals surface area contributed by atoms with E-state index in [1.165, 1.54) is 0 Å². The Morgan fingerprint density at radius 1 is 1.45 bits per heavy atom. The highest BCUT2D eigenvalue weighted by molar-refractivity contribution is 5.67. The Hall–Kier alpha value is -0.690. The van der Waals surface area contributed by atoms with Crippen molar-refractivity contribution in [1.82, 2.24) is 10.2 Å². The number of carboxylic acids is 1. The Kier molecular flexibility index (Phi) is 7.43. The van der Waals surface area contributed by atoms with E-state index in [4.69, 9.17) is 5.11 Å². The monoisotopic (exact) mass is 288 g/mol. The van der Waals surface area contributed by atoms with Gasteiger partial charge in [-0.05, 0) is 32.1 Å². The van der Waals surface area contributed by atoms with Crippen LogP contribution < -0.4 is 5.32 Å². The first kappa shape index (κ1) is 17.4. The molecule has 1 aliphatic heterocycles. The van der Waals surface area contributed by atoms with Gasteiger partial charge in [0.15, 0.2) is 0 Å². The molecule has 0 aromatic rings. The number of aliphatic carboxylic acids is 1. The topological polar surface area (TPSA) is 93.0 Å². The molecule has 0 saturated carbocycles. The molecule has 1 aliphatic rings. The molecule has 4 N–H and O–H groups in total. The third-order valence-corrected chi connectivity index (χ3v) is 3.80. The molecule has 1 rings (SSSR count). The normalized spacial score (nSPS) is 25.1. The van der Waals surface area contributed by atoms with Gasteiger partial charge in [0.05, 0.1) is 0 Å². The molecule has 0 amide bonds. The smallest absolute Gasteiger partial charge is 0.303 e. The first-order valence-electron chi connectivity index (χ1n) is 7.52. The van der Waals surface area contributed by atoms with Crippen molar-refractivity contribution in [2.24, 2.45) is 5.92 Å². The van der Waals surface area contributed by atoms with Gasteiger partial charge in [0, 0.05) is 25.6 Å². The lowest BCUT2D eigenvalue weighted by Crippen LogP contribution is -2.54. The molecular weight excluding hydrogens is 260 g/mol. The second kappa shape index (κ2) is 8.56. The van der Waals surface area contributed by atoms with E-state index in [2.05, 4.69) is 5.32 Å². The van der Waals surface area contributed by atoms with Crippen LogP contribution in [0.2, 0.25) is 0 Å². The average Bonchev–Trinajstić information content (AvgIpc) is 2.36. The number of nitrogens with zero attached hydrogens (tertiary/aromatic N) is 1. The summed E-state index contributed by atoms with van der Waals surface area (Å²) < 4.78 is 0. The van der Waals surface area contributed by atoms with Gasteiger partial charge in [0.2, 0.25) is 0 Å². The van der Waals surface area contributed by atoms with Gasteiger partial charge in [-0.25, -0.2) is 0 Å². The van der Waals surface area contributed by atoms with Crippen molar-refractivity contribution in [1.29, 1.82) is 0 Å². The number of piperidine rings is 1. The maximum absolute atomic E-state index is 10.8. The van der Waals surface area contributed by atoms with Crippen molar-refractivity contribution in [3.05, 3.63) is 0 Å². The summed E-state index contributed by atoms with van der Waals surface area (Å²) in [5.74, 6) is -0.678. The van der Waals surface area contributed by atoms with E-state index in [0.717, 1.165) is 32.2 Å². The highest BCUT2D eigenvalue weighted by atomic mass is 16.4. The van der Waals surface area contributed by atoms with Gasteiger partial charge in [0.25, 0.3) is 0 Å². The highest BCUT2D eigenvalue weighted by Crippen LogP contribution is 2.22. The molecule has 0 bridgehead atoms. The number of carboxylic acid groups (broad SMARTS) is 1. The molecule has 0 aromatic carbocycles. The van der Waals surface area contributed by atoms with Crippen LogP contribution >= 0.6 is 0 Å². The van der Waals surface area contributed by atoms with Crippen LogP contribution in [-0.4, -0.2) is 57.8 Å². The Morgan fingerprint density at radius 2 is 2.15 bits per heavy atom. The van der Waals surface area contributed by atoms with E-state index in [1.807, 2.05) is 11.8 Å². The lowest BCUT2D eigenvalue weighted by atomic mass is 9.94. The van der Waals surface area contributed by atoms with E-state index in [1.54, 1.807) is 6.92 Å². The van der Waals surface area contributed by atoms with Crippen molar-refractivity contribution in [3.8, 4) is 0 Å². The number of carbonyl (C=O) groups is 1. The lowest BCUT2D eigenvalue weighted by molar-refractivity contribution is -0.139. The van der Waals surface area contributed by atoms with Crippen LogP contribution in [0.15, 0.2) is 0 Å². The van der Waals surface area contributed by atoms with Gasteiger partial charge in [-0.2, -0.15) is 0 Å². The van der Waals surface area contributed by atoms with Crippen molar-refractivity contribution in [3.63, 3.8) is 0 Å². The fourth-order valence-electron chi connectivity index (χ4n) is 2.94. The standard InChI is InChI=1S/C14H28N2O4/c1-3-5-12(15-10(2)17)14(20)16-7-4-6-11(9-16)8-13(18)19/h10-12,14-15,17,20H,3-9H2,1-2H3,(H,18,19)/t10?,11?,12-,14?/m0/s1. The molecule has 1 fully saturated rings. The molecule has 4 atom stereocenters. The zero-order chi connectivity index (χ0) is 15.1. The molecule has 20 heavy (non-hydrogen) atoms. The number of rotatable bonds is 8. The minimum Gasteiger partial charge on any atom is -0.481 e. The van der Waals surface area contributed by atoms with Crippen molar-refractivity contribution in [2.75, 3.05) is 13.1 Å². The predicted octanol–water partition coefficient (Wildman–Crippen LogP) is 0.588. The highest BCUT2D eigenvalue weighted by Gasteiger charge is 2.30. The minimum absolute atomic E-state index is 0.102. The zero-order valence-corrected chi connectivity index (χ0v) is 12.5. The molecule has 0 radical (unpaired) electrons. The second-order valence-electron chi connectivity index (χ2n) is 5.75. The summed E-state index contributed by atoms with van der Waals surface area (Å²) in [7, 11) is 0. The number of hydrogen-bond acceptors (Lipinski definition) is 5. The fourth-order valence-corrected chi connectivity index (χ4v) is 2.94. The molecule has 6 nitrogen and oxygen atoms in total. The van der Waals surface area contributed by atoms with Gasteiger partial charge in [0.1, 0.15) is 12.5 Å². The Morgan fingerprint density at radius 3 is 2.70 bits per heavy atom. The van der Waals surface area contributed by atoms with E-state index >= 15 is 0 Å². The molecular formula is C14H28N2O4. The van der Waals surface area contributed by atoms with Gasteiger partial charge in [-0.3, -0.25) is 15.0 Å². The maximum atomic E-state index is 10.8. The number of hydrogen-bond donors (Lipinski definition) is 4. The second-order valence-corrected chi connectivity index (χ2v) is 5.75. The van der Waals surface area contributed by atoms with Gasteiger partial charge in [-0.15, -0.1) is 0 Å². The van der Waals surface area contributed by atoms with Crippen LogP contribution in [0.4, 0.5) is 0 Å². The molecule has 0 spiro atoms. The average molecular weight is 288 g/mol. The Labute approximate surface area is 120 Å². The predicted molar refractivity (Wildman–Crippen MR) is 76.1 cm³/mol. The van der Waals surface area contributed by atoms with Crippen molar-refractivity contribution < 1.29 is 20.1 Å². The first-order chi connectivity index (χ1) is 9.43. The van der Waals surface area contributed by atoms with Crippen LogP contribution in [-0.2, 0) is 4.79 Å². The first-order valence-corrected chi connectivity index (χ1v) is 7.52. The molecule has 0 aromatic heterocycles. The van der Waals surface area contributed by atoms with Gasteiger partial charge < -0.3 is 15.3 Å². The Bertz CT molecular complexity index is 299. The number of aliphatic hydroxyl groups excluding tert-OH is 2. The largest absolute Gasteiger partial charge is 0.481 e. The third kappa shape index (κ3) is 5.75. The third-order valence-electron chi connectivity index (χ3n) is 3.80. The summed E-state index contributed by atoms with van der Waals surface area (Å²) in [6, 6.07) is -0.191. The van der Waals surface area contributed by atoms with E-state index in [9.17, 15) is 15.0 Å². The Balaban J connectivity index is 2.58. The molecule has 3 unspecified atom stereocenters. The van der Waals surface area contributed by atoms with Crippen LogP contribution in [0.5, 0.6) is 0 Å². The quantitative estimate of drug-likeness (QED) is 0.489. The van der Waals surface area contributed by atoms with Gasteiger partial charge >= 0.3 is 5.97 Å². The molecule has 1 heterocycles. The number of likely N-dealkylation sites (tertiary alicyclic amines) is 1. The fraction of sp³-hybridized carbons (Fsp3) is 0.929. The summed E-state index contributed by atoms with van der Waals surface area (Å²) in [6.45, 7) is 5.06. The number of aliphatic hydroxyl groups is 2. The summed E-state index contributed by atoms with van der Waals surface area (Å²) in [5, 5.41) is 31.8. The SMILES string of the molecule is CCC[C@H](NC(C)O)C(O)N1CCCC(CC(=O)O)C1. The van der Waals surface area contributed by atoms with Crippen LogP contribution in [0.3, 0.4) is 0 Å². The van der Waals surface area contributed by atoms with E-state index in [0.29, 0.717) is 6.54 Å². The summed E-state index contributed by atoms with van der Waals surface area (Å²) >= 11 is 0. The summed E-state index contributed by atoms with van der Waals surface area (Å²) in [4.78, 5) is 12.7. The minimum atomic E-state index is -0.779.